The fraction of sp³-hybridized carbons (Fsp3) is 0.750. The first-order valence-corrected chi connectivity index (χ1v) is 6.72. The SMILES string of the molecule is CN1CCCC(NC(=O)N2CC(=O)NCC2C(=O)O)C1. The number of likely N-dealkylation sites (N-methyl/N-ethyl adjacent to an activating group) is 1. The summed E-state index contributed by atoms with van der Waals surface area (Å²) in [6.07, 6.45) is 1.86. The van der Waals surface area contributed by atoms with E-state index in [1.807, 2.05) is 7.05 Å². The highest BCUT2D eigenvalue weighted by atomic mass is 16.4. The van der Waals surface area contributed by atoms with E-state index in [9.17, 15) is 14.4 Å². The van der Waals surface area contributed by atoms with Crippen LogP contribution in [0.3, 0.4) is 0 Å². The Bertz CT molecular complexity index is 414. The molecule has 2 aliphatic heterocycles. The van der Waals surface area contributed by atoms with Crippen LogP contribution < -0.4 is 10.6 Å². The van der Waals surface area contributed by atoms with Crippen LogP contribution in [0.1, 0.15) is 12.8 Å². The highest BCUT2D eigenvalue weighted by Crippen LogP contribution is 2.10. The molecular weight excluding hydrogens is 264 g/mol. The number of carboxylic acid groups (broad SMARTS) is 1. The molecule has 2 heterocycles. The summed E-state index contributed by atoms with van der Waals surface area (Å²) in [5, 5.41) is 14.4. The maximum absolute atomic E-state index is 12.2. The van der Waals surface area contributed by atoms with Gasteiger partial charge in [0.1, 0.15) is 12.6 Å². The Morgan fingerprint density at radius 2 is 2.20 bits per heavy atom. The Kier molecular flexibility index (Phi) is 4.43. The second-order valence-electron chi connectivity index (χ2n) is 5.34. The highest BCUT2D eigenvalue weighted by Gasteiger charge is 2.36. The Hall–Kier alpha value is -1.83. The third-order valence-electron chi connectivity index (χ3n) is 3.68. The van der Waals surface area contributed by atoms with E-state index in [4.69, 9.17) is 5.11 Å². The van der Waals surface area contributed by atoms with Crippen molar-refractivity contribution in [2.24, 2.45) is 0 Å². The van der Waals surface area contributed by atoms with Gasteiger partial charge in [0.15, 0.2) is 0 Å². The number of carboxylic acids is 1. The zero-order valence-corrected chi connectivity index (χ0v) is 11.5. The van der Waals surface area contributed by atoms with E-state index < -0.39 is 18.0 Å². The standard InChI is InChI=1S/C12H20N4O4/c1-15-4-2-3-8(6-15)14-12(20)16-7-10(17)13-5-9(16)11(18)19/h8-9H,2-7H2,1H3,(H,13,17)(H,14,20)(H,18,19). The number of carbonyl (C=O) groups is 3. The van der Waals surface area contributed by atoms with Crippen LogP contribution in [0.15, 0.2) is 0 Å². The van der Waals surface area contributed by atoms with E-state index in [-0.39, 0.29) is 25.0 Å². The lowest BCUT2D eigenvalue weighted by atomic mass is 10.1. The Morgan fingerprint density at radius 3 is 2.85 bits per heavy atom. The number of amides is 3. The van der Waals surface area contributed by atoms with Gasteiger partial charge in [0.2, 0.25) is 5.91 Å². The fourth-order valence-electron chi connectivity index (χ4n) is 2.62. The van der Waals surface area contributed by atoms with Gasteiger partial charge in [-0.15, -0.1) is 0 Å². The number of likely N-dealkylation sites (tertiary alicyclic amines) is 1. The van der Waals surface area contributed by atoms with Crippen molar-refractivity contribution in [3.8, 4) is 0 Å². The van der Waals surface area contributed by atoms with Crippen LogP contribution in [0.25, 0.3) is 0 Å². The fourth-order valence-corrected chi connectivity index (χ4v) is 2.62. The summed E-state index contributed by atoms with van der Waals surface area (Å²) in [5.41, 5.74) is 0. The lowest BCUT2D eigenvalue weighted by molar-refractivity contribution is -0.144. The first-order chi connectivity index (χ1) is 9.47. The number of urea groups is 1. The molecule has 0 spiro atoms. The van der Waals surface area contributed by atoms with Gasteiger partial charge in [-0.2, -0.15) is 0 Å². The van der Waals surface area contributed by atoms with Crippen LogP contribution in [0.4, 0.5) is 4.79 Å². The van der Waals surface area contributed by atoms with E-state index in [0.717, 1.165) is 30.8 Å². The van der Waals surface area contributed by atoms with Crippen LogP contribution >= 0.6 is 0 Å². The second-order valence-corrected chi connectivity index (χ2v) is 5.34. The molecule has 0 aliphatic carbocycles. The zero-order chi connectivity index (χ0) is 14.7. The minimum Gasteiger partial charge on any atom is -0.480 e. The largest absolute Gasteiger partial charge is 0.480 e. The number of nitrogens with zero attached hydrogens (tertiary/aromatic N) is 2. The zero-order valence-electron chi connectivity index (χ0n) is 11.5. The average molecular weight is 284 g/mol. The Balaban J connectivity index is 1.98. The lowest BCUT2D eigenvalue weighted by Gasteiger charge is -2.36. The number of hydrogen-bond acceptors (Lipinski definition) is 4. The number of piperazine rings is 1. The molecule has 8 nitrogen and oxygen atoms in total. The van der Waals surface area contributed by atoms with Gasteiger partial charge in [0, 0.05) is 19.1 Å². The molecule has 0 aromatic carbocycles. The number of rotatable bonds is 2. The predicted octanol–water partition coefficient (Wildman–Crippen LogP) is -1.32. The van der Waals surface area contributed by atoms with Crippen LogP contribution in [-0.4, -0.2) is 78.1 Å². The van der Waals surface area contributed by atoms with Crippen LogP contribution in [0.5, 0.6) is 0 Å². The predicted molar refractivity (Wildman–Crippen MR) is 70.2 cm³/mol. The normalized spacial score (nSPS) is 27.9. The van der Waals surface area contributed by atoms with Gasteiger partial charge >= 0.3 is 12.0 Å². The summed E-state index contributed by atoms with van der Waals surface area (Å²) in [6.45, 7) is 1.47. The molecule has 20 heavy (non-hydrogen) atoms. The molecule has 2 saturated heterocycles. The highest BCUT2D eigenvalue weighted by molar-refractivity contribution is 5.90. The minimum atomic E-state index is -1.11. The number of piperidine rings is 1. The summed E-state index contributed by atoms with van der Waals surface area (Å²) >= 11 is 0. The molecule has 2 aliphatic rings. The first kappa shape index (κ1) is 14.6. The van der Waals surface area contributed by atoms with Crippen LogP contribution in [-0.2, 0) is 9.59 Å². The molecule has 2 rings (SSSR count). The maximum Gasteiger partial charge on any atom is 0.328 e. The monoisotopic (exact) mass is 284 g/mol. The van der Waals surface area contributed by atoms with Gasteiger partial charge in [-0.25, -0.2) is 9.59 Å². The molecule has 2 unspecified atom stereocenters. The van der Waals surface area contributed by atoms with Gasteiger partial charge in [-0.1, -0.05) is 0 Å². The van der Waals surface area contributed by atoms with E-state index >= 15 is 0 Å². The number of nitrogens with one attached hydrogen (secondary N) is 2. The van der Waals surface area contributed by atoms with Crippen molar-refractivity contribution in [1.82, 2.24) is 20.4 Å². The van der Waals surface area contributed by atoms with E-state index in [1.165, 1.54) is 0 Å². The lowest BCUT2D eigenvalue weighted by Crippen LogP contribution is -2.62. The maximum atomic E-state index is 12.2. The molecule has 0 radical (unpaired) electrons. The van der Waals surface area contributed by atoms with E-state index in [2.05, 4.69) is 15.5 Å². The molecule has 0 saturated carbocycles. The number of aliphatic carboxylic acids is 1. The molecule has 2 atom stereocenters. The van der Waals surface area contributed by atoms with Crippen LogP contribution in [0, 0.1) is 0 Å². The molecule has 0 aromatic heterocycles. The molecule has 3 N–H and O–H groups in total. The van der Waals surface area contributed by atoms with Gasteiger partial charge in [0.05, 0.1) is 0 Å². The van der Waals surface area contributed by atoms with E-state index in [1.54, 1.807) is 0 Å². The molecule has 8 heteroatoms. The van der Waals surface area contributed by atoms with Gasteiger partial charge in [0.25, 0.3) is 0 Å². The number of hydrogen-bond donors (Lipinski definition) is 3. The third kappa shape index (κ3) is 3.38. The summed E-state index contributed by atoms with van der Waals surface area (Å²) in [7, 11) is 1.98. The third-order valence-corrected chi connectivity index (χ3v) is 3.68. The smallest absolute Gasteiger partial charge is 0.328 e. The Morgan fingerprint density at radius 1 is 1.45 bits per heavy atom. The van der Waals surface area contributed by atoms with E-state index in [0.29, 0.717) is 0 Å². The van der Waals surface area contributed by atoms with Gasteiger partial charge in [-0.05, 0) is 26.4 Å². The van der Waals surface area contributed by atoms with Gasteiger partial charge < -0.3 is 20.6 Å². The van der Waals surface area contributed by atoms with Crippen molar-refractivity contribution < 1.29 is 19.5 Å². The van der Waals surface area contributed by atoms with Crippen molar-refractivity contribution in [2.75, 3.05) is 33.2 Å². The summed E-state index contributed by atoms with van der Waals surface area (Å²) in [6, 6.07) is -1.48. The van der Waals surface area contributed by atoms with Crippen molar-refractivity contribution in [1.29, 1.82) is 0 Å². The van der Waals surface area contributed by atoms with Crippen molar-refractivity contribution in [3.05, 3.63) is 0 Å². The molecule has 0 bridgehead atoms. The average Bonchev–Trinajstić information content (AvgIpc) is 2.38. The molecule has 3 amide bonds. The summed E-state index contributed by atoms with van der Waals surface area (Å²) in [5.74, 6) is -1.45. The molecule has 0 aromatic rings. The first-order valence-electron chi connectivity index (χ1n) is 6.72. The summed E-state index contributed by atoms with van der Waals surface area (Å²) < 4.78 is 0. The molecular formula is C12H20N4O4. The molecule has 2 fully saturated rings. The van der Waals surface area contributed by atoms with Crippen molar-refractivity contribution >= 4 is 17.9 Å². The van der Waals surface area contributed by atoms with Crippen molar-refractivity contribution in [3.63, 3.8) is 0 Å². The number of carbonyl (C=O) groups excluding carboxylic acids is 2. The second kappa shape index (κ2) is 6.08. The Labute approximate surface area is 117 Å². The summed E-state index contributed by atoms with van der Waals surface area (Å²) in [4.78, 5) is 37.9. The molecule has 112 valence electrons. The topological polar surface area (TPSA) is 102 Å². The quantitative estimate of drug-likeness (QED) is 0.583. The van der Waals surface area contributed by atoms with Gasteiger partial charge in [-0.3, -0.25) is 9.69 Å². The van der Waals surface area contributed by atoms with Crippen molar-refractivity contribution in [2.45, 2.75) is 24.9 Å². The minimum absolute atomic E-state index is 0.000632. The van der Waals surface area contributed by atoms with Crippen LogP contribution in [0.2, 0.25) is 0 Å².